The summed E-state index contributed by atoms with van der Waals surface area (Å²) in [5.74, 6) is 0.377. The van der Waals surface area contributed by atoms with Crippen molar-refractivity contribution in [1.29, 1.82) is 0 Å². The third kappa shape index (κ3) is 7.59. The molecule has 0 radical (unpaired) electrons. The Kier molecular flexibility index (Phi) is 10.3. The van der Waals surface area contributed by atoms with Crippen molar-refractivity contribution in [3.05, 3.63) is 89.5 Å². The summed E-state index contributed by atoms with van der Waals surface area (Å²) in [5, 5.41) is 14.5. The minimum absolute atomic E-state index is 0.0525. The van der Waals surface area contributed by atoms with Gasteiger partial charge in [0.05, 0.1) is 6.61 Å². The number of benzene rings is 3. The minimum atomic E-state index is -0.728. The monoisotopic (exact) mass is 531 g/mol. The van der Waals surface area contributed by atoms with Crippen LogP contribution in [0.5, 0.6) is 5.75 Å². The highest BCUT2D eigenvalue weighted by Gasteiger charge is 2.29. The van der Waals surface area contributed by atoms with Gasteiger partial charge in [-0.3, -0.25) is 4.79 Å². The number of hydrogen-bond donors (Lipinski definition) is 4. The van der Waals surface area contributed by atoms with Crippen LogP contribution >= 0.6 is 0 Å². The molecule has 2 amide bonds. The standard InChI is InChI=1S/C31H37N3O5/c32-17-6-5-12-29(30(36)33-20-22-13-15-23(16-14-22)38-19-7-18-35)34-31(37)39-21-28-26-10-3-1-8-24(26)25-9-2-4-11-27(25)28/h1-4,8-11,13-16,28-29,35H,5-7,12,17-21,32H2,(H,33,36)(H,34,37)/t29-/m0/s1. The summed E-state index contributed by atoms with van der Waals surface area (Å²) in [5.41, 5.74) is 11.1. The lowest BCUT2D eigenvalue weighted by Gasteiger charge is -2.20. The predicted octanol–water partition coefficient (Wildman–Crippen LogP) is 4.10. The lowest BCUT2D eigenvalue weighted by Crippen LogP contribution is -2.47. The van der Waals surface area contributed by atoms with E-state index in [1.807, 2.05) is 48.5 Å². The van der Waals surface area contributed by atoms with E-state index in [-0.39, 0.29) is 25.0 Å². The highest BCUT2D eigenvalue weighted by atomic mass is 16.5. The van der Waals surface area contributed by atoms with Gasteiger partial charge in [0, 0.05) is 25.5 Å². The van der Waals surface area contributed by atoms with Gasteiger partial charge in [0.15, 0.2) is 0 Å². The summed E-state index contributed by atoms with van der Waals surface area (Å²) in [6, 6.07) is 23.0. The van der Waals surface area contributed by atoms with Gasteiger partial charge in [0.2, 0.25) is 5.91 Å². The lowest BCUT2D eigenvalue weighted by molar-refractivity contribution is -0.123. The molecule has 3 aromatic rings. The number of nitrogens with two attached hydrogens (primary N) is 1. The Labute approximate surface area is 229 Å². The summed E-state index contributed by atoms with van der Waals surface area (Å²) in [6.45, 7) is 1.55. The molecule has 0 aliphatic heterocycles. The molecular weight excluding hydrogens is 494 g/mol. The summed E-state index contributed by atoms with van der Waals surface area (Å²) in [4.78, 5) is 25.8. The Balaban J connectivity index is 1.32. The van der Waals surface area contributed by atoms with Crippen molar-refractivity contribution in [2.45, 2.75) is 44.2 Å². The molecule has 3 aromatic carbocycles. The van der Waals surface area contributed by atoms with Gasteiger partial charge in [-0.25, -0.2) is 4.79 Å². The molecule has 5 N–H and O–H groups in total. The highest BCUT2D eigenvalue weighted by molar-refractivity contribution is 5.85. The normalized spacial score (nSPS) is 12.8. The Hall–Kier alpha value is -3.88. The van der Waals surface area contributed by atoms with Crippen molar-refractivity contribution in [3.63, 3.8) is 0 Å². The molecule has 0 aromatic heterocycles. The largest absolute Gasteiger partial charge is 0.494 e. The lowest BCUT2D eigenvalue weighted by atomic mass is 9.98. The maximum atomic E-state index is 13.0. The molecular formula is C31H37N3O5. The number of ether oxygens (including phenoxy) is 2. The number of hydrogen-bond acceptors (Lipinski definition) is 6. The Morgan fingerprint density at radius 3 is 2.21 bits per heavy atom. The number of rotatable bonds is 14. The highest BCUT2D eigenvalue weighted by Crippen LogP contribution is 2.44. The van der Waals surface area contributed by atoms with Gasteiger partial charge in [-0.05, 0) is 65.8 Å². The van der Waals surface area contributed by atoms with E-state index in [1.165, 1.54) is 0 Å². The number of nitrogens with one attached hydrogen (secondary N) is 2. The maximum absolute atomic E-state index is 13.0. The molecule has 0 unspecified atom stereocenters. The van der Waals surface area contributed by atoms with Gasteiger partial charge in [-0.1, -0.05) is 60.7 Å². The minimum Gasteiger partial charge on any atom is -0.494 e. The van der Waals surface area contributed by atoms with Crippen LogP contribution in [0.25, 0.3) is 11.1 Å². The molecule has 8 nitrogen and oxygen atoms in total. The third-order valence-corrected chi connectivity index (χ3v) is 6.86. The van der Waals surface area contributed by atoms with E-state index in [4.69, 9.17) is 20.3 Å². The smallest absolute Gasteiger partial charge is 0.407 e. The fourth-order valence-electron chi connectivity index (χ4n) is 4.81. The van der Waals surface area contributed by atoms with E-state index in [0.29, 0.717) is 44.7 Å². The molecule has 0 heterocycles. The zero-order chi connectivity index (χ0) is 27.5. The van der Waals surface area contributed by atoms with E-state index in [0.717, 1.165) is 34.2 Å². The number of carbonyl (C=O) groups is 2. The molecule has 8 heteroatoms. The van der Waals surface area contributed by atoms with Crippen molar-refractivity contribution < 1.29 is 24.2 Å². The number of fused-ring (bicyclic) bond motifs is 3. The topological polar surface area (TPSA) is 123 Å². The number of alkyl carbamates (subject to hydrolysis) is 1. The van der Waals surface area contributed by atoms with Crippen LogP contribution in [0.15, 0.2) is 72.8 Å². The van der Waals surface area contributed by atoms with Crippen molar-refractivity contribution in [2.24, 2.45) is 5.73 Å². The summed E-state index contributed by atoms with van der Waals surface area (Å²) in [6.07, 6.45) is 1.88. The molecule has 0 fully saturated rings. The quantitative estimate of drug-likeness (QED) is 0.232. The van der Waals surface area contributed by atoms with Crippen LogP contribution in [0.4, 0.5) is 4.79 Å². The van der Waals surface area contributed by atoms with Crippen LogP contribution in [0.2, 0.25) is 0 Å². The second-order valence-electron chi connectivity index (χ2n) is 9.59. The van der Waals surface area contributed by atoms with Crippen LogP contribution < -0.4 is 21.1 Å². The van der Waals surface area contributed by atoms with Crippen LogP contribution in [0.1, 0.15) is 48.3 Å². The second kappa shape index (κ2) is 14.3. The van der Waals surface area contributed by atoms with Crippen LogP contribution in [0, 0.1) is 0 Å². The fourth-order valence-corrected chi connectivity index (χ4v) is 4.81. The summed E-state index contributed by atoms with van der Waals surface area (Å²) >= 11 is 0. The predicted molar refractivity (Wildman–Crippen MR) is 150 cm³/mol. The first-order valence-corrected chi connectivity index (χ1v) is 13.5. The second-order valence-corrected chi connectivity index (χ2v) is 9.59. The van der Waals surface area contributed by atoms with Gasteiger partial charge in [0.1, 0.15) is 18.4 Å². The van der Waals surface area contributed by atoms with Crippen LogP contribution in [-0.4, -0.2) is 49.5 Å². The van der Waals surface area contributed by atoms with Gasteiger partial charge in [-0.2, -0.15) is 0 Å². The first kappa shape index (κ1) is 28.1. The Bertz CT molecular complexity index is 1190. The number of unbranched alkanes of at least 4 members (excludes halogenated alkanes) is 1. The molecule has 4 rings (SSSR count). The van der Waals surface area contributed by atoms with E-state index < -0.39 is 12.1 Å². The van der Waals surface area contributed by atoms with Gasteiger partial charge in [0.25, 0.3) is 0 Å². The fraction of sp³-hybridized carbons (Fsp3) is 0.355. The van der Waals surface area contributed by atoms with E-state index in [9.17, 15) is 9.59 Å². The molecule has 1 aliphatic rings. The molecule has 206 valence electrons. The van der Waals surface area contributed by atoms with Crippen molar-refractivity contribution in [2.75, 3.05) is 26.4 Å². The average Bonchev–Trinajstić information content (AvgIpc) is 3.29. The first-order chi connectivity index (χ1) is 19.1. The van der Waals surface area contributed by atoms with Gasteiger partial charge >= 0.3 is 6.09 Å². The van der Waals surface area contributed by atoms with Gasteiger partial charge < -0.3 is 30.9 Å². The van der Waals surface area contributed by atoms with Gasteiger partial charge in [-0.15, -0.1) is 0 Å². The van der Waals surface area contributed by atoms with Crippen molar-refractivity contribution in [1.82, 2.24) is 10.6 Å². The average molecular weight is 532 g/mol. The summed E-state index contributed by atoms with van der Waals surface area (Å²) < 4.78 is 11.2. The Morgan fingerprint density at radius 1 is 0.897 bits per heavy atom. The zero-order valence-electron chi connectivity index (χ0n) is 22.1. The molecule has 0 bridgehead atoms. The van der Waals surface area contributed by atoms with Crippen molar-refractivity contribution >= 4 is 12.0 Å². The van der Waals surface area contributed by atoms with E-state index in [2.05, 4.69) is 34.9 Å². The number of aliphatic hydroxyl groups excluding tert-OH is 1. The molecule has 0 spiro atoms. The van der Waals surface area contributed by atoms with E-state index >= 15 is 0 Å². The first-order valence-electron chi connectivity index (χ1n) is 13.5. The molecule has 0 saturated carbocycles. The number of aliphatic hydroxyl groups is 1. The number of carbonyl (C=O) groups excluding carboxylic acids is 2. The van der Waals surface area contributed by atoms with Crippen molar-refractivity contribution in [3.8, 4) is 16.9 Å². The van der Waals surface area contributed by atoms with Crippen LogP contribution in [0.3, 0.4) is 0 Å². The van der Waals surface area contributed by atoms with Crippen LogP contribution in [-0.2, 0) is 16.1 Å². The molecule has 1 atom stereocenters. The molecule has 0 saturated heterocycles. The summed E-state index contributed by atoms with van der Waals surface area (Å²) in [7, 11) is 0. The molecule has 1 aliphatic carbocycles. The zero-order valence-corrected chi connectivity index (χ0v) is 22.1. The third-order valence-electron chi connectivity index (χ3n) is 6.86. The maximum Gasteiger partial charge on any atom is 0.407 e. The SMILES string of the molecule is NCCCC[C@H](NC(=O)OCC1c2ccccc2-c2ccccc21)C(=O)NCc1ccc(OCCCO)cc1. The van der Waals surface area contributed by atoms with E-state index in [1.54, 1.807) is 0 Å². The Morgan fingerprint density at radius 2 is 1.56 bits per heavy atom. The number of amides is 2. The molecule has 39 heavy (non-hydrogen) atoms.